The Hall–Kier alpha value is -3.55. The van der Waals surface area contributed by atoms with Crippen molar-refractivity contribution >= 4 is 41.1 Å². The van der Waals surface area contributed by atoms with Crippen molar-refractivity contribution in [3.05, 3.63) is 119 Å². The van der Waals surface area contributed by atoms with E-state index in [0.717, 1.165) is 11.1 Å². The molecule has 1 fully saturated rings. The number of nitrogens with one attached hydrogen (secondary N) is 1. The summed E-state index contributed by atoms with van der Waals surface area (Å²) in [6, 6.07) is 28.0. The third-order valence-electron chi connectivity index (χ3n) is 6.54. The molecule has 6 nitrogen and oxygen atoms in total. The fraction of sp³-hybridized carbons (Fsp3) is 0.207. The lowest BCUT2D eigenvalue weighted by Crippen LogP contribution is -2.77. The van der Waals surface area contributed by atoms with Crippen molar-refractivity contribution in [2.45, 2.75) is 23.9 Å². The number of β-lactam (4-membered cyclic amide) rings is 1. The average Bonchev–Trinajstić information content (AvgIpc) is 2.94. The van der Waals surface area contributed by atoms with Crippen LogP contribution in [0.4, 0.5) is 0 Å². The molecule has 2 aliphatic rings. The van der Waals surface area contributed by atoms with Crippen LogP contribution in [0.2, 0.25) is 0 Å². The van der Waals surface area contributed by atoms with E-state index in [1.165, 1.54) is 23.6 Å². The van der Waals surface area contributed by atoms with Crippen molar-refractivity contribution in [3.8, 4) is 0 Å². The summed E-state index contributed by atoms with van der Waals surface area (Å²) in [5.74, 6) is -0.846. The molecule has 2 atom stereocenters. The number of thioether (sulfide) groups is 1. The summed E-state index contributed by atoms with van der Waals surface area (Å²) in [5.41, 5.74) is 1.77. The molecule has 0 bridgehead atoms. The molecule has 1 saturated heterocycles. The first-order valence-corrected chi connectivity index (χ1v) is 13.4. The minimum Gasteiger partial charge on any atom is -0.448 e. The minimum atomic E-state index is -1.28. The van der Waals surface area contributed by atoms with E-state index in [1.54, 1.807) is 0 Å². The molecule has 0 aromatic heterocycles. The van der Waals surface area contributed by atoms with Crippen molar-refractivity contribution in [2.24, 2.45) is 0 Å². The van der Waals surface area contributed by atoms with Crippen molar-refractivity contribution < 1.29 is 19.1 Å². The van der Waals surface area contributed by atoms with Crippen molar-refractivity contribution in [3.63, 3.8) is 0 Å². The first-order chi connectivity index (χ1) is 18.0. The van der Waals surface area contributed by atoms with Gasteiger partial charge in [-0.2, -0.15) is 0 Å². The number of ether oxygens (including phenoxy) is 1. The number of amides is 2. The van der Waals surface area contributed by atoms with Gasteiger partial charge in [-0.1, -0.05) is 91.0 Å². The van der Waals surface area contributed by atoms with Crippen LogP contribution in [0.3, 0.4) is 0 Å². The Morgan fingerprint density at radius 2 is 1.54 bits per heavy atom. The maximum absolute atomic E-state index is 13.9. The molecule has 1 N–H and O–H groups in total. The predicted molar refractivity (Wildman–Crippen MR) is 144 cm³/mol. The zero-order valence-electron chi connectivity index (χ0n) is 20.1. The van der Waals surface area contributed by atoms with Gasteiger partial charge in [0.15, 0.2) is 11.6 Å². The van der Waals surface area contributed by atoms with E-state index in [0.29, 0.717) is 16.9 Å². The van der Waals surface area contributed by atoms with Crippen LogP contribution in [0.15, 0.2) is 102 Å². The molecular weight excluding hydrogens is 508 g/mol. The molecule has 0 radical (unpaired) electrons. The largest absolute Gasteiger partial charge is 0.448 e. The van der Waals surface area contributed by atoms with Crippen LogP contribution in [0.5, 0.6) is 0 Å². The van der Waals surface area contributed by atoms with Gasteiger partial charge in [0.25, 0.3) is 5.91 Å². The second kappa shape index (κ2) is 10.4. The molecule has 2 heterocycles. The highest BCUT2D eigenvalue weighted by atomic mass is 35.5. The molecule has 5 rings (SSSR count). The maximum Gasteiger partial charge on any atom is 0.356 e. The van der Waals surface area contributed by atoms with E-state index >= 15 is 0 Å². The summed E-state index contributed by atoms with van der Waals surface area (Å²) in [6.45, 7) is 1.38. The van der Waals surface area contributed by atoms with Gasteiger partial charge in [-0.3, -0.25) is 14.5 Å². The third-order valence-corrected chi connectivity index (χ3v) is 8.26. The summed E-state index contributed by atoms with van der Waals surface area (Å²) in [6.07, 6.45) is -0.669. The summed E-state index contributed by atoms with van der Waals surface area (Å²) in [7, 11) is 0. The van der Waals surface area contributed by atoms with E-state index in [1.807, 2.05) is 91.0 Å². The molecule has 8 heteroatoms. The van der Waals surface area contributed by atoms with Crippen molar-refractivity contribution in [1.82, 2.24) is 10.2 Å². The van der Waals surface area contributed by atoms with Gasteiger partial charge in [-0.25, -0.2) is 4.79 Å². The number of hydrogen-bond acceptors (Lipinski definition) is 5. The second-order valence-electron chi connectivity index (χ2n) is 8.89. The van der Waals surface area contributed by atoms with Crippen LogP contribution >= 0.6 is 23.4 Å². The number of benzene rings is 3. The number of halogens is 1. The topological polar surface area (TPSA) is 75.7 Å². The highest BCUT2D eigenvalue weighted by molar-refractivity contribution is 8.00. The fourth-order valence-electron chi connectivity index (χ4n) is 4.89. The highest BCUT2D eigenvalue weighted by Crippen LogP contribution is 2.51. The number of alkyl halides is 1. The summed E-state index contributed by atoms with van der Waals surface area (Å²) in [5, 5.41) is 2.36. The van der Waals surface area contributed by atoms with Gasteiger partial charge >= 0.3 is 5.97 Å². The number of rotatable bonds is 7. The van der Waals surface area contributed by atoms with Crippen LogP contribution in [-0.4, -0.2) is 39.7 Å². The van der Waals surface area contributed by atoms with Gasteiger partial charge in [0.05, 0.1) is 0 Å². The van der Waals surface area contributed by atoms with E-state index in [4.69, 9.17) is 16.3 Å². The number of esters is 1. The lowest BCUT2D eigenvalue weighted by molar-refractivity contribution is -0.162. The Kier molecular flexibility index (Phi) is 7.09. The second-order valence-corrected chi connectivity index (χ2v) is 10.2. The standard InChI is InChI=1S/C29H25ClN2O4S/c1-19(33)31-29(23-15-9-4-10-16-23)27(35)32-24(22(17-30)18-37-28(29)32)26(34)36-25(20-11-5-2-6-12-20)21-13-7-3-8-14-21/h2-16,25,28H,17-18H2,1H3,(H,31,33)/t28-,29-/m0/s1. The molecular formula is C29H25ClN2O4S. The van der Waals surface area contributed by atoms with Crippen molar-refractivity contribution in [1.29, 1.82) is 0 Å². The molecule has 0 spiro atoms. The van der Waals surface area contributed by atoms with E-state index in [2.05, 4.69) is 5.32 Å². The Morgan fingerprint density at radius 3 is 2.05 bits per heavy atom. The Labute approximate surface area is 224 Å². The van der Waals surface area contributed by atoms with Gasteiger partial charge in [0.2, 0.25) is 5.91 Å². The summed E-state index contributed by atoms with van der Waals surface area (Å²) >= 11 is 7.73. The summed E-state index contributed by atoms with van der Waals surface area (Å²) in [4.78, 5) is 41.3. The minimum absolute atomic E-state index is 0.0771. The van der Waals surface area contributed by atoms with Crippen LogP contribution in [0, 0.1) is 0 Å². The van der Waals surface area contributed by atoms with E-state index < -0.39 is 28.9 Å². The van der Waals surface area contributed by atoms with Gasteiger partial charge < -0.3 is 10.1 Å². The average molecular weight is 533 g/mol. The number of fused-ring (bicyclic) bond motifs is 1. The number of hydrogen-bond donors (Lipinski definition) is 1. The highest BCUT2D eigenvalue weighted by Gasteiger charge is 2.66. The number of carbonyl (C=O) groups is 3. The van der Waals surface area contributed by atoms with Gasteiger partial charge in [0, 0.05) is 18.6 Å². The number of nitrogens with zero attached hydrogens (tertiary/aromatic N) is 1. The first kappa shape index (κ1) is 25.1. The molecule has 0 aliphatic carbocycles. The third kappa shape index (κ3) is 4.43. The SMILES string of the molecule is CC(=O)N[C@@]1(c2ccccc2)C(=O)N2C(C(=O)OC(c3ccccc3)c3ccccc3)=C(CCl)CS[C@H]21. The lowest BCUT2D eigenvalue weighted by atomic mass is 9.79. The molecule has 3 aromatic carbocycles. The molecule has 3 aromatic rings. The first-order valence-electron chi connectivity index (χ1n) is 11.9. The predicted octanol–water partition coefficient (Wildman–Crippen LogP) is 4.76. The summed E-state index contributed by atoms with van der Waals surface area (Å²) < 4.78 is 6.10. The monoisotopic (exact) mass is 532 g/mol. The zero-order valence-corrected chi connectivity index (χ0v) is 21.7. The van der Waals surface area contributed by atoms with Gasteiger partial charge in [-0.05, 0) is 22.3 Å². The molecule has 37 heavy (non-hydrogen) atoms. The Balaban J connectivity index is 1.52. The zero-order chi connectivity index (χ0) is 26.0. The van der Waals surface area contributed by atoms with Gasteiger partial charge in [0.1, 0.15) is 11.1 Å². The fourth-order valence-corrected chi connectivity index (χ4v) is 6.72. The van der Waals surface area contributed by atoms with Crippen LogP contribution in [-0.2, 0) is 24.7 Å². The van der Waals surface area contributed by atoms with E-state index in [-0.39, 0.29) is 17.5 Å². The quantitative estimate of drug-likeness (QED) is 0.270. The lowest BCUT2D eigenvalue weighted by Gasteiger charge is -2.57. The van der Waals surface area contributed by atoms with Gasteiger partial charge in [-0.15, -0.1) is 23.4 Å². The van der Waals surface area contributed by atoms with Crippen LogP contribution < -0.4 is 5.32 Å². The normalized spacial score (nSPS) is 20.8. The smallest absolute Gasteiger partial charge is 0.356 e. The molecule has 2 amide bonds. The Morgan fingerprint density at radius 1 is 1.00 bits per heavy atom. The maximum atomic E-state index is 13.9. The molecule has 2 aliphatic heterocycles. The van der Waals surface area contributed by atoms with E-state index in [9.17, 15) is 14.4 Å². The van der Waals surface area contributed by atoms with Crippen molar-refractivity contribution in [2.75, 3.05) is 11.6 Å². The Bertz CT molecular complexity index is 1310. The van der Waals surface area contributed by atoms with Crippen LogP contribution in [0.25, 0.3) is 0 Å². The van der Waals surface area contributed by atoms with Crippen LogP contribution in [0.1, 0.15) is 29.7 Å². The molecule has 0 saturated carbocycles. The molecule has 0 unspecified atom stereocenters. The number of carbonyl (C=O) groups excluding carboxylic acids is 3. The molecule has 188 valence electrons.